The van der Waals surface area contributed by atoms with Crippen LogP contribution in [0.25, 0.3) is 5.69 Å². The normalized spacial score (nSPS) is 15.7. The Morgan fingerprint density at radius 3 is 2.74 bits per heavy atom. The summed E-state index contributed by atoms with van der Waals surface area (Å²) in [7, 11) is 1.63. The summed E-state index contributed by atoms with van der Waals surface area (Å²) >= 11 is 0. The van der Waals surface area contributed by atoms with Gasteiger partial charge in [-0.2, -0.15) is 10.1 Å². The molecule has 0 unspecified atom stereocenters. The van der Waals surface area contributed by atoms with Gasteiger partial charge in [-0.05, 0) is 36.8 Å². The first kappa shape index (κ1) is 22.8. The van der Waals surface area contributed by atoms with Gasteiger partial charge in [0, 0.05) is 37.0 Å². The lowest BCUT2D eigenvalue weighted by atomic mass is 10.1. The lowest BCUT2D eigenvalue weighted by Gasteiger charge is -2.23. The number of aromatic nitrogens is 4. The number of methoxy groups -OCH3 is 1. The monoisotopic (exact) mass is 472 g/mol. The first-order valence-electron chi connectivity index (χ1n) is 11.5. The van der Waals surface area contributed by atoms with Crippen LogP contribution in [0.2, 0.25) is 0 Å². The first-order chi connectivity index (χ1) is 17.1. The molecule has 0 spiro atoms. The molecular formula is C26H28N6O3. The number of nitrogens with one attached hydrogen (secondary N) is 1. The van der Waals surface area contributed by atoms with Crippen LogP contribution < -0.4 is 14.8 Å². The Morgan fingerprint density at radius 2 is 2.00 bits per heavy atom. The van der Waals surface area contributed by atoms with E-state index in [4.69, 9.17) is 14.5 Å². The minimum atomic E-state index is -0.183. The van der Waals surface area contributed by atoms with Crippen molar-refractivity contribution in [3.05, 3.63) is 83.9 Å². The maximum atomic E-state index is 9.53. The molecule has 0 aliphatic carbocycles. The number of benzene rings is 2. The zero-order valence-electron chi connectivity index (χ0n) is 19.8. The number of fused-ring (bicyclic) bond motifs is 1. The number of aliphatic hydroxyl groups excluding tert-OH is 1. The van der Waals surface area contributed by atoms with Crippen molar-refractivity contribution >= 4 is 11.5 Å². The fourth-order valence-electron chi connectivity index (χ4n) is 4.18. The van der Waals surface area contributed by atoms with Crippen molar-refractivity contribution in [2.45, 2.75) is 19.6 Å². The molecule has 2 aromatic heterocycles. The zero-order valence-corrected chi connectivity index (χ0v) is 19.8. The van der Waals surface area contributed by atoms with E-state index in [2.05, 4.69) is 32.4 Å². The molecule has 1 aliphatic rings. The van der Waals surface area contributed by atoms with Crippen molar-refractivity contribution in [2.24, 2.45) is 0 Å². The molecule has 3 heterocycles. The third kappa shape index (κ3) is 5.11. The molecule has 1 aliphatic heterocycles. The molecule has 0 saturated heterocycles. The summed E-state index contributed by atoms with van der Waals surface area (Å²) in [6, 6.07) is 19.8. The Kier molecular flexibility index (Phi) is 6.60. The van der Waals surface area contributed by atoms with Crippen molar-refractivity contribution in [3.8, 4) is 17.3 Å². The van der Waals surface area contributed by atoms with Crippen LogP contribution in [-0.2, 0) is 6.54 Å². The lowest BCUT2D eigenvalue weighted by molar-refractivity contribution is 0.126. The topological polar surface area (TPSA) is 97.6 Å². The van der Waals surface area contributed by atoms with Crippen LogP contribution in [0.3, 0.4) is 0 Å². The van der Waals surface area contributed by atoms with E-state index in [0.29, 0.717) is 42.9 Å². The molecule has 0 amide bonds. The summed E-state index contributed by atoms with van der Waals surface area (Å²) in [4.78, 5) is 11.2. The van der Waals surface area contributed by atoms with E-state index in [1.54, 1.807) is 18.1 Å². The number of hydrogen-bond donors (Lipinski definition) is 2. The number of anilines is 2. The first-order valence-corrected chi connectivity index (χ1v) is 11.5. The Bertz CT molecular complexity index is 1290. The summed E-state index contributed by atoms with van der Waals surface area (Å²) in [6.07, 6.45) is 1.48. The molecule has 180 valence electrons. The Balaban J connectivity index is 1.41. The minimum absolute atomic E-state index is 0.0932. The SMILES string of the molecule is COc1cc(Nc2ccc3c(n2)O[C@H](c2ccccc2)CN(CCO)C3)ccc1-n1cnc(C)n1. The largest absolute Gasteiger partial charge is 0.494 e. The lowest BCUT2D eigenvalue weighted by Crippen LogP contribution is -2.30. The molecule has 5 rings (SSSR count). The predicted molar refractivity (Wildman–Crippen MR) is 132 cm³/mol. The van der Waals surface area contributed by atoms with Gasteiger partial charge in [-0.15, -0.1) is 0 Å². The molecule has 4 aromatic rings. The van der Waals surface area contributed by atoms with Gasteiger partial charge < -0.3 is 19.9 Å². The van der Waals surface area contributed by atoms with Crippen LogP contribution in [-0.4, -0.2) is 56.6 Å². The standard InChI is InChI=1S/C26H28N6O3/c1-18-27-17-32(30-18)22-10-9-21(14-23(22)34-2)28-25-11-8-20-15-31(12-13-33)16-24(35-26(20)29-25)19-6-4-3-5-7-19/h3-11,14,17,24,33H,12-13,15-16H2,1-2H3,(H,28,29)/t24-/m0/s1. The number of rotatable bonds is 7. The average Bonchev–Trinajstić information content (AvgIpc) is 3.22. The van der Waals surface area contributed by atoms with E-state index in [9.17, 15) is 5.11 Å². The molecule has 9 heteroatoms. The van der Waals surface area contributed by atoms with Crippen LogP contribution in [0.5, 0.6) is 11.6 Å². The van der Waals surface area contributed by atoms with Gasteiger partial charge in [0.1, 0.15) is 35.5 Å². The molecule has 35 heavy (non-hydrogen) atoms. The summed E-state index contributed by atoms with van der Waals surface area (Å²) in [5.74, 6) is 2.60. The van der Waals surface area contributed by atoms with Crippen LogP contribution in [0.1, 0.15) is 23.1 Å². The van der Waals surface area contributed by atoms with E-state index >= 15 is 0 Å². The van der Waals surface area contributed by atoms with E-state index in [1.165, 1.54) is 0 Å². The highest BCUT2D eigenvalue weighted by Crippen LogP contribution is 2.32. The Labute approximate surface area is 204 Å². The molecular weight excluding hydrogens is 444 g/mol. The number of aryl methyl sites for hydroxylation is 1. The Morgan fingerprint density at radius 1 is 1.14 bits per heavy atom. The van der Waals surface area contributed by atoms with Gasteiger partial charge in [0.25, 0.3) is 0 Å². The summed E-state index contributed by atoms with van der Waals surface area (Å²) in [6.45, 7) is 3.84. The smallest absolute Gasteiger partial charge is 0.220 e. The fraction of sp³-hybridized carbons (Fsp3) is 0.269. The summed E-state index contributed by atoms with van der Waals surface area (Å²) < 4.78 is 13.7. The zero-order chi connectivity index (χ0) is 24.2. The van der Waals surface area contributed by atoms with E-state index in [-0.39, 0.29) is 12.7 Å². The highest BCUT2D eigenvalue weighted by Gasteiger charge is 2.25. The molecule has 9 nitrogen and oxygen atoms in total. The third-order valence-corrected chi connectivity index (χ3v) is 5.90. The van der Waals surface area contributed by atoms with Crippen molar-refractivity contribution in [3.63, 3.8) is 0 Å². The van der Waals surface area contributed by atoms with Crippen LogP contribution in [0.15, 0.2) is 67.0 Å². The van der Waals surface area contributed by atoms with Crippen molar-refractivity contribution in [2.75, 3.05) is 32.1 Å². The number of β-amino-alcohol motifs (C(OH)–C–C–N with tert-alkyl or cyclic N) is 1. The molecule has 0 fully saturated rings. The molecule has 2 N–H and O–H groups in total. The molecule has 0 bridgehead atoms. The van der Waals surface area contributed by atoms with Crippen LogP contribution in [0, 0.1) is 6.92 Å². The molecule has 2 aromatic carbocycles. The van der Waals surface area contributed by atoms with Crippen molar-refractivity contribution in [1.29, 1.82) is 0 Å². The van der Waals surface area contributed by atoms with E-state index < -0.39 is 0 Å². The highest BCUT2D eigenvalue weighted by atomic mass is 16.5. The number of ether oxygens (including phenoxy) is 2. The van der Waals surface area contributed by atoms with Gasteiger partial charge in [-0.1, -0.05) is 30.3 Å². The summed E-state index contributed by atoms with van der Waals surface area (Å²) in [5.41, 5.74) is 3.68. The second-order valence-corrected chi connectivity index (χ2v) is 8.38. The number of aliphatic hydroxyl groups is 1. The van der Waals surface area contributed by atoms with Crippen molar-refractivity contribution < 1.29 is 14.6 Å². The molecule has 1 atom stereocenters. The highest BCUT2D eigenvalue weighted by molar-refractivity contribution is 5.63. The number of nitrogens with zero attached hydrogens (tertiary/aromatic N) is 5. The number of pyridine rings is 1. The van der Waals surface area contributed by atoms with Gasteiger partial charge in [-0.3, -0.25) is 4.90 Å². The Hall–Kier alpha value is -3.95. The predicted octanol–water partition coefficient (Wildman–Crippen LogP) is 3.65. The van der Waals surface area contributed by atoms with E-state index in [0.717, 1.165) is 22.5 Å². The van der Waals surface area contributed by atoms with Gasteiger partial charge >= 0.3 is 0 Å². The summed E-state index contributed by atoms with van der Waals surface area (Å²) in [5, 5.41) is 17.3. The quantitative estimate of drug-likeness (QED) is 0.421. The van der Waals surface area contributed by atoms with E-state index in [1.807, 2.05) is 55.5 Å². The number of hydrogen-bond acceptors (Lipinski definition) is 8. The molecule has 0 saturated carbocycles. The van der Waals surface area contributed by atoms with Crippen molar-refractivity contribution in [1.82, 2.24) is 24.6 Å². The third-order valence-electron chi connectivity index (χ3n) is 5.90. The van der Waals surface area contributed by atoms with Gasteiger partial charge in [0.05, 0.1) is 13.7 Å². The fourth-order valence-corrected chi connectivity index (χ4v) is 4.18. The van der Waals surface area contributed by atoms with Gasteiger partial charge in [0.15, 0.2) is 0 Å². The van der Waals surface area contributed by atoms with Crippen LogP contribution in [0.4, 0.5) is 11.5 Å². The molecule has 0 radical (unpaired) electrons. The second-order valence-electron chi connectivity index (χ2n) is 8.38. The maximum absolute atomic E-state index is 9.53. The average molecular weight is 473 g/mol. The van der Waals surface area contributed by atoms with Crippen LogP contribution >= 0.6 is 0 Å². The maximum Gasteiger partial charge on any atom is 0.220 e. The van der Waals surface area contributed by atoms with Gasteiger partial charge in [0.2, 0.25) is 5.88 Å². The minimum Gasteiger partial charge on any atom is -0.494 e. The second kappa shape index (κ2) is 10.1. The van der Waals surface area contributed by atoms with Gasteiger partial charge in [-0.25, -0.2) is 9.67 Å².